The van der Waals surface area contributed by atoms with E-state index in [1.54, 1.807) is 0 Å². The molecule has 1 N–H and O–H groups in total. The number of carbonyl (C=O) groups excluding carboxylic acids is 1. The third-order valence-corrected chi connectivity index (χ3v) is 7.88. The summed E-state index contributed by atoms with van der Waals surface area (Å²) in [5.74, 6) is 0.479. The number of amides is 1. The van der Waals surface area contributed by atoms with Crippen LogP contribution in [0.5, 0.6) is 0 Å². The average Bonchev–Trinajstić information content (AvgIpc) is 3.70. The van der Waals surface area contributed by atoms with Gasteiger partial charge in [-0.25, -0.2) is 9.78 Å². The van der Waals surface area contributed by atoms with Gasteiger partial charge in [-0.2, -0.15) is 5.21 Å². The molecule has 210 valence electrons. The summed E-state index contributed by atoms with van der Waals surface area (Å²) >= 11 is 0. The van der Waals surface area contributed by atoms with Crippen LogP contribution in [-0.2, 0) is 17.8 Å². The maximum atomic E-state index is 13.9. The molecule has 1 fully saturated rings. The summed E-state index contributed by atoms with van der Waals surface area (Å²) in [5, 5.41) is 14.9. The lowest BCUT2D eigenvalue weighted by Crippen LogP contribution is -2.42. The topological polar surface area (TPSA) is 101 Å². The molecule has 0 unspecified atom stereocenters. The van der Waals surface area contributed by atoms with E-state index in [-0.39, 0.29) is 18.7 Å². The molecule has 9 heteroatoms. The predicted octanol–water partition coefficient (Wildman–Crippen LogP) is 6.92. The number of fused-ring (bicyclic) bond motifs is 1. The van der Waals surface area contributed by atoms with E-state index in [0.717, 1.165) is 83.5 Å². The number of rotatable bonds is 8. The average molecular weight is 550 g/mol. The Bertz CT molecular complexity index is 1620. The van der Waals surface area contributed by atoms with Crippen LogP contribution in [0, 0.1) is 6.92 Å². The molecule has 1 saturated carbocycles. The van der Waals surface area contributed by atoms with Crippen molar-refractivity contribution in [2.45, 2.75) is 71.4 Å². The highest BCUT2D eigenvalue weighted by Gasteiger charge is 2.29. The van der Waals surface area contributed by atoms with Crippen LogP contribution in [0.2, 0.25) is 0 Å². The van der Waals surface area contributed by atoms with Crippen LogP contribution in [0.1, 0.15) is 62.4 Å². The van der Waals surface area contributed by atoms with Crippen LogP contribution < -0.4 is 4.90 Å². The van der Waals surface area contributed by atoms with E-state index in [2.05, 4.69) is 57.2 Å². The number of tetrazole rings is 1. The minimum atomic E-state index is -0.356. The van der Waals surface area contributed by atoms with Gasteiger partial charge < -0.3 is 9.14 Å². The highest BCUT2D eigenvalue weighted by atomic mass is 16.6. The van der Waals surface area contributed by atoms with E-state index < -0.39 is 0 Å². The van der Waals surface area contributed by atoms with E-state index >= 15 is 0 Å². The normalized spacial score (nSPS) is 13.9. The largest absolute Gasteiger partial charge is 0.443 e. The summed E-state index contributed by atoms with van der Waals surface area (Å²) in [5.41, 5.74) is 7.53. The molecule has 5 aromatic rings. The van der Waals surface area contributed by atoms with Gasteiger partial charge in [0, 0.05) is 23.5 Å². The number of hydrogen-bond donors (Lipinski definition) is 1. The van der Waals surface area contributed by atoms with Gasteiger partial charge in [-0.3, -0.25) is 4.90 Å². The van der Waals surface area contributed by atoms with Crippen LogP contribution in [-0.4, -0.2) is 42.1 Å². The van der Waals surface area contributed by atoms with Gasteiger partial charge in [0.2, 0.25) is 5.82 Å². The zero-order chi connectivity index (χ0) is 28.2. The van der Waals surface area contributed by atoms with Crippen LogP contribution in [0.25, 0.3) is 28.2 Å². The second kappa shape index (κ2) is 11.9. The number of aryl methyl sites for hydroxylation is 2. The van der Waals surface area contributed by atoms with Crippen molar-refractivity contribution < 1.29 is 9.53 Å². The molecular weight excluding hydrogens is 514 g/mol. The maximum absolute atomic E-state index is 13.9. The summed E-state index contributed by atoms with van der Waals surface area (Å²) in [4.78, 5) is 20.5. The molecule has 0 saturated heterocycles. The fourth-order valence-corrected chi connectivity index (χ4v) is 5.82. The maximum Gasteiger partial charge on any atom is 0.414 e. The second-order valence-electron chi connectivity index (χ2n) is 10.7. The van der Waals surface area contributed by atoms with Crippen molar-refractivity contribution in [2.24, 2.45) is 0 Å². The van der Waals surface area contributed by atoms with Gasteiger partial charge in [-0.1, -0.05) is 75.1 Å². The SMILES string of the molecule is CCCc1cn2c(COC(=O)N(c3ccc(-c4ccccc4)c(-c4nn[nH]n4)c3)C3CCCCC3)ccc(C)c2n1. The van der Waals surface area contributed by atoms with Crippen molar-refractivity contribution in [2.75, 3.05) is 4.90 Å². The van der Waals surface area contributed by atoms with Gasteiger partial charge >= 0.3 is 6.09 Å². The molecule has 1 amide bonds. The number of aromatic nitrogens is 6. The molecule has 3 aromatic heterocycles. The van der Waals surface area contributed by atoms with Gasteiger partial charge in [0.1, 0.15) is 12.3 Å². The molecule has 1 aliphatic rings. The predicted molar refractivity (Wildman–Crippen MR) is 159 cm³/mol. The summed E-state index contributed by atoms with van der Waals surface area (Å²) in [6, 6.07) is 20.2. The van der Waals surface area contributed by atoms with Gasteiger partial charge in [0.05, 0.1) is 11.4 Å². The smallest absolute Gasteiger partial charge is 0.414 e. The molecular formula is C32H35N7O2. The van der Waals surface area contributed by atoms with E-state index in [9.17, 15) is 4.79 Å². The van der Waals surface area contributed by atoms with Crippen molar-refractivity contribution in [3.8, 4) is 22.5 Å². The third kappa shape index (κ3) is 5.57. The fourth-order valence-electron chi connectivity index (χ4n) is 5.82. The number of hydrogen-bond acceptors (Lipinski definition) is 6. The number of H-pyrrole nitrogens is 1. The van der Waals surface area contributed by atoms with Gasteiger partial charge in [0.15, 0.2) is 0 Å². The van der Waals surface area contributed by atoms with E-state index in [4.69, 9.17) is 9.72 Å². The molecule has 9 nitrogen and oxygen atoms in total. The number of nitrogens with one attached hydrogen (secondary N) is 1. The first-order valence-corrected chi connectivity index (χ1v) is 14.5. The van der Waals surface area contributed by atoms with Crippen LogP contribution in [0.4, 0.5) is 10.5 Å². The first kappa shape index (κ1) is 26.7. The van der Waals surface area contributed by atoms with E-state index in [1.165, 1.54) is 6.42 Å². The molecule has 1 aliphatic carbocycles. The molecule has 6 rings (SSSR count). The standard InChI is InChI=1S/C32H35N7O2/c1-3-10-24-20-38-27(16-15-22(2)31(38)33-24)21-41-32(40)39(25-13-8-5-9-14-25)26-17-18-28(23-11-6-4-7-12-23)29(19-26)30-34-36-37-35-30/h4,6-7,11-12,15-20,25H,3,5,8-10,13-14,21H2,1-2H3,(H,34,35,36,37). The second-order valence-corrected chi connectivity index (χ2v) is 10.7. The van der Waals surface area contributed by atoms with Crippen LogP contribution in [0.15, 0.2) is 66.9 Å². The van der Waals surface area contributed by atoms with Crippen molar-refractivity contribution >= 4 is 17.4 Å². The number of imidazole rings is 1. The molecule has 3 heterocycles. The zero-order valence-electron chi connectivity index (χ0n) is 23.6. The Morgan fingerprint density at radius 2 is 1.88 bits per heavy atom. The lowest BCUT2D eigenvalue weighted by molar-refractivity contribution is 0.141. The Morgan fingerprint density at radius 1 is 1.05 bits per heavy atom. The number of ether oxygens (including phenoxy) is 1. The number of nitrogens with zero attached hydrogens (tertiary/aromatic N) is 6. The van der Waals surface area contributed by atoms with Crippen molar-refractivity contribution in [1.29, 1.82) is 0 Å². The summed E-state index contributed by atoms with van der Waals surface area (Å²) in [6.07, 6.45) is 8.87. The highest BCUT2D eigenvalue weighted by Crippen LogP contribution is 2.36. The Balaban J connectivity index is 1.34. The van der Waals surface area contributed by atoms with Crippen LogP contribution >= 0.6 is 0 Å². The molecule has 2 aromatic carbocycles. The van der Waals surface area contributed by atoms with E-state index in [1.807, 2.05) is 53.4 Å². The number of pyridine rings is 1. The van der Waals surface area contributed by atoms with Gasteiger partial charge in [0.25, 0.3) is 0 Å². The summed E-state index contributed by atoms with van der Waals surface area (Å²) in [6.45, 7) is 4.36. The monoisotopic (exact) mass is 549 g/mol. The zero-order valence-corrected chi connectivity index (χ0v) is 23.6. The van der Waals surface area contributed by atoms with Gasteiger partial charge in [-0.15, -0.1) is 10.2 Å². The van der Waals surface area contributed by atoms with Crippen molar-refractivity contribution in [3.05, 3.63) is 83.8 Å². The van der Waals surface area contributed by atoms with Crippen LogP contribution in [0.3, 0.4) is 0 Å². The van der Waals surface area contributed by atoms with Crippen molar-refractivity contribution in [3.63, 3.8) is 0 Å². The summed E-state index contributed by atoms with van der Waals surface area (Å²) in [7, 11) is 0. The molecule has 41 heavy (non-hydrogen) atoms. The van der Waals surface area contributed by atoms with Crippen molar-refractivity contribution in [1.82, 2.24) is 30.0 Å². The molecule has 0 aliphatic heterocycles. The minimum absolute atomic E-state index is 0.0550. The number of anilines is 1. The first-order valence-electron chi connectivity index (χ1n) is 14.5. The summed E-state index contributed by atoms with van der Waals surface area (Å²) < 4.78 is 8.11. The Morgan fingerprint density at radius 3 is 2.63 bits per heavy atom. The van der Waals surface area contributed by atoms with Gasteiger partial charge in [-0.05, 0) is 66.3 Å². The molecule has 0 atom stereocenters. The highest BCUT2D eigenvalue weighted by molar-refractivity contribution is 5.92. The minimum Gasteiger partial charge on any atom is -0.443 e. The number of benzene rings is 2. The number of carbonyl (C=O) groups is 1. The lowest BCUT2D eigenvalue weighted by Gasteiger charge is -2.34. The molecule has 0 radical (unpaired) electrons. The Kier molecular flexibility index (Phi) is 7.75. The van der Waals surface area contributed by atoms with E-state index in [0.29, 0.717) is 5.82 Å². The Hall–Kier alpha value is -4.53. The lowest BCUT2D eigenvalue weighted by atomic mass is 9.93. The molecule has 0 bridgehead atoms. The quantitative estimate of drug-likeness (QED) is 0.225. The number of aromatic amines is 1. The fraction of sp³-hybridized carbons (Fsp3) is 0.344. The Labute approximate surface area is 239 Å². The third-order valence-electron chi connectivity index (χ3n) is 7.88. The first-order chi connectivity index (χ1) is 20.1. The molecule has 0 spiro atoms.